The number of fused-ring (bicyclic) bond motifs is 2. The van der Waals surface area contributed by atoms with Crippen LogP contribution < -0.4 is 0 Å². The van der Waals surface area contributed by atoms with Crippen LogP contribution in [0.4, 0.5) is 0 Å². The van der Waals surface area contributed by atoms with Crippen molar-refractivity contribution in [3.63, 3.8) is 0 Å². The first kappa shape index (κ1) is 12.6. The van der Waals surface area contributed by atoms with Crippen LogP contribution in [-0.2, 0) is 17.6 Å². The third-order valence-corrected chi connectivity index (χ3v) is 5.67. The summed E-state index contributed by atoms with van der Waals surface area (Å²) in [4.78, 5) is 15.8. The number of halogens is 1. The molecule has 20 heavy (non-hydrogen) atoms. The summed E-state index contributed by atoms with van der Waals surface area (Å²) >= 11 is 2.38. The summed E-state index contributed by atoms with van der Waals surface area (Å²) in [6.45, 7) is 0. The van der Waals surface area contributed by atoms with Crippen molar-refractivity contribution in [3.8, 4) is 0 Å². The van der Waals surface area contributed by atoms with Crippen LogP contribution in [0.2, 0.25) is 0 Å². The van der Waals surface area contributed by atoms with Gasteiger partial charge in [-0.15, -0.1) is 0 Å². The second-order valence-electron chi connectivity index (χ2n) is 5.88. The van der Waals surface area contributed by atoms with Crippen molar-refractivity contribution in [2.75, 3.05) is 0 Å². The highest BCUT2D eigenvalue weighted by atomic mass is 127. The summed E-state index contributed by atoms with van der Waals surface area (Å²) in [5.41, 5.74) is 3.62. The number of aliphatic carboxylic acids is 1. The van der Waals surface area contributed by atoms with Gasteiger partial charge in [-0.25, -0.2) is 0 Å². The maximum Gasteiger partial charge on any atom is 0.307 e. The van der Waals surface area contributed by atoms with E-state index in [0.717, 1.165) is 5.39 Å². The molecule has 3 nitrogen and oxygen atoms in total. The predicted molar refractivity (Wildman–Crippen MR) is 85.0 cm³/mol. The molecule has 0 radical (unpaired) electrons. The molecule has 1 aromatic heterocycles. The number of benzene rings is 1. The summed E-state index contributed by atoms with van der Waals surface area (Å²) in [5, 5.41) is 11.6. The first-order chi connectivity index (χ1) is 9.63. The first-order valence-electron chi connectivity index (χ1n) is 6.96. The van der Waals surface area contributed by atoms with E-state index in [4.69, 9.17) is 0 Å². The topological polar surface area (TPSA) is 50.2 Å². The highest BCUT2D eigenvalue weighted by molar-refractivity contribution is 14.1. The Morgan fingerprint density at radius 3 is 2.80 bits per heavy atom. The Kier molecular flexibility index (Phi) is 2.77. The van der Waals surface area contributed by atoms with Gasteiger partial charge in [0.1, 0.15) is 0 Å². The minimum absolute atomic E-state index is 0.258. The Bertz CT molecular complexity index is 737. The van der Waals surface area contributed by atoms with E-state index in [-0.39, 0.29) is 5.92 Å². The average molecular weight is 379 g/mol. The number of rotatable bonds is 2. The summed E-state index contributed by atoms with van der Waals surface area (Å²) in [6.07, 6.45) is 5.78. The summed E-state index contributed by atoms with van der Waals surface area (Å²) < 4.78 is 1.23. The normalized spacial score (nSPS) is 21.1. The zero-order valence-corrected chi connectivity index (χ0v) is 13.1. The van der Waals surface area contributed by atoms with Gasteiger partial charge in [0.25, 0.3) is 0 Å². The maximum atomic E-state index is 11.2. The average Bonchev–Trinajstić information content (AvgIpc) is 3.18. The van der Waals surface area contributed by atoms with Crippen molar-refractivity contribution in [2.45, 2.75) is 31.6 Å². The largest absolute Gasteiger partial charge is 0.481 e. The standard InChI is InChI=1S/C16H14INO2/c17-15-12-5-10(16(19)20)3-9(12)4-11-7-18-14(6-13(11)15)8-1-2-8/h4,6-8,10H,1-3,5H2,(H,19,20). The number of hydrogen-bond donors (Lipinski definition) is 1. The molecule has 0 spiro atoms. The molecule has 0 bridgehead atoms. The van der Waals surface area contributed by atoms with Crippen molar-refractivity contribution in [1.29, 1.82) is 0 Å². The number of carboxylic acid groups (broad SMARTS) is 1. The van der Waals surface area contributed by atoms with E-state index in [1.165, 1.54) is 38.6 Å². The van der Waals surface area contributed by atoms with Crippen LogP contribution >= 0.6 is 22.6 Å². The fourth-order valence-corrected chi connectivity index (χ4v) is 4.16. The van der Waals surface area contributed by atoms with Crippen molar-refractivity contribution < 1.29 is 9.90 Å². The van der Waals surface area contributed by atoms with Gasteiger partial charge < -0.3 is 5.11 Å². The van der Waals surface area contributed by atoms with Crippen LogP contribution in [-0.4, -0.2) is 16.1 Å². The van der Waals surface area contributed by atoms with E-state index >= 15 is 0 Å². The SMILES string of the molecule is O=C(O)C1Cc2cc3cnc(C4CC4)cc3c(I)c2C1. The van der Waals surface area contributed by atoms with E-state index in [2.05, 4.69) is 39.7 Å². The van der Waals surface area contributed by atoms with Gasteiger partial charge in [0.15, 0.2) is 0 Å². The highest BCUT2D eigenvalue weighted by Gasteiger charge is 2.30. The van der Waals surface area contributed by atoms with Gasteiger partial charge >= 0.3 is 5.97 Å². The molecule has 0 saturated heterocycles. The Labute approximate surface area is 130 Å². The molecule has 1 saturated carbocycles. The lowest BCUT2D eigenvalue weighted by atomic mass is 10.0. The van der Waals surface area contributed by atoms with Crippen LogP contribution in [0.15, 0.2) is 18.3 Å². The molecule has 1 atom stereocenters. The highest BCUT2D eigenvalue weighted by Crippen LogP contribution is 2.41. The molecular weight excluding hydrogens is 365 g/mol. The van der Waals surface area contributed by atoms with Crippen LogP contribution in [0.5, 0.6) is 0 Å². The zero-order chi connectivity index (χ0) is 13.9. The quantitative estimate of drug-likeness (QED) is 0.813. The van der Waals surface area contributed by atoms with E-state index in [1.54, 1.807) is 0 Å². The van der Waals surface area contributed by atoms with E-state index < -0.39 is 5.97 Å². The number of carbonyl (C=O) groups is 1. The molecule has 4 rings (SSSR count). The number of aromatic nitrogens is 1. The molecule has 1 fully saturated rings. The maximum absolute atomic E-state index is 11.2. The van der Waals surface area contributed by atoms with Gasteiger partial charge in [-0.3, -0.25) is 9.78 Å². The molecule has 0 aliphatic heterocycles. The Morgan fingerprint density at radius 2 is 2.10 bits per heavy atom. The van der Waals surface area contributed by atoms with Crippen molar-refractivity contribution in [3.05, 3.63) is 38.7 Å². The summed E-state index contributed by atoms with van der Waals surface area (Å²) in [7, 11) is 0. The fourth-order valence-electron chi connectivity index (χ4n) is 3.13. The van der Waals surface area contributed by atoms with E-state index in [9.17, 15) is 9.90 Å². The van der Waals surface area contributed by atoms with Gasteiger partial charge in [0.2, 0.25) is 0 Å². The second kappa shape index (κ2) is 4.41. The van der Waals surface area contributed by atoms with E-state index in [0.29, 0.717) is 18.8 Å². The number of pyridine rings is 1. The lowest BCUT2D eigenvalue weighted by Gasteiger charge is -2.09. The third kappa shape index (κ3) is 1.92. The molecule has 1 N–H and O–H groups in total. The van der Waals surface area contributed by atoms with Gasteiger partial charge in [-0.05, 0) is 76.9 Å². The van der Waals surface area contributed by atoms with Crippen LogP contribution in [0.3, 0.4) is 0 Å². The van der Waals surface area contributed by atoms with Crippen LogP contribution in [0.1, 0.15) is 35.6 Å². The minimum Gasteiger partial charge on any atom is -0.481 e. The second-order valence-corrected chi connectivity index (χ2v) is 6.95. The fraction of sp³-hybridized carbons (Fsp3) is 0.375. The Morgan fingerprint density at radius 1 is 1.30 bits per heavy atom. The number of carboxylic acids is 1. The molecule has 102 valence electrons. The van der Waals surface area contributed by atoms with Crippen molar-refractivity contribution >= 4 is 39.3 Å². The Hall–Kier alpha value is -1.17. The molecule has 2 aliphatic rings. The monoisotopic (exact) mass is 379 g/mol. The molecule has 2 aliphatic carbocycles. The Balaban J connectivity index is 1.86. The molecule has 1 aromatic carbocycles. The van der Waals surface area contributed by atoms with Gasteiger partial charge in [0, 0.05) is 26.8 Å². The molecule has 4 heteroatoms. The summed E-state index contributed by atoms with van der Waals surface area (Å²) in [5.74, 6) is -0.292. The zero-order valence-electron chi connectivity index (χ0n) is 10.9. The summed E-state index contributed by atoms with van der Waals surface area (Å²) in [6, 6.07) is 4.35. The first-order valence-corrected chi connectivity index (χ1v) is 8.04. The van der Waals surface area contributed by atoms with Gasteiger partial charge in [0.05, 0.1) is 5.92 Å². The van der Waals surface area contributed by atoms with Gasteiger partial charge in [-0.1, -0.05) is 0 Å². The van der Waals surface area contributed by atoms with Crippen LogP contribution in [0.25, 0.3) is 10.8 Å². The lowest BCUT2D eigenvalue weighted by Crippen LogP contribution is -2.13. The van der Waals surface area contributed by atoms with Crippen LogP contribution in [0, 0.1) is 9.49 Å². The van der Waals surface area contributed by atoms with Gasteiger partial charge in [-0.2, -0.15) is 0 Å². The molecule has 0 amide bonds. The predicted octanol–water partition coefficient (Wildman–Crippen LogP) is 3.52. The molecular formula is C16H14INO2. The number of hydrogen-bond acceptors (Lipinski definition) is 2. The van der Waals surface area contributed by atoms with E-state index in [1.807, 2.05) is 6.20 Å². The number of nitrogens with zero attached hydrogens (tertiary/aromatic N) is 1. The van der Waals surface area contributed by atoms with Crippen molar-refractivity contribution in [2.24, 2.45) is 5.92 Å². The smallest absolute Gasteiger partial charge is 0.307 e. The molecule has 2 aromatic rings. The molecule has 1 heterocycles. The lowest BCUT2D eigenvalue weighted by molar-refractivity contribution is -0.141. The molecule has 1 unspecified atom stereocenters. The third-order valence-electron chi connectivity index (χ3n) is 4.44. The minimum atomic E-state index is -0.683. The van der Waals surface area contributed by atoms with Crippen molar-refractivity contribution in [1.82, 2.24) is 4.98 Å².